The number of aliphatic hydroxyl groups excluding tert-OH is 2. The van der Waals surface area contributed by atoms with Gasteiger partial charge in [0.2, 0.25) is 5.91 Å². The number of carbonyl (C=O) groups excluding carboxylic acids is 2. The second kappa shape index (κ2) is 6.12. The number of nitrogens with one attached hydrogen (secondary N) is 2. The molecule has 18 heavy (non-hydrogen) atoms. The van der Waals surface area contributed by atoms with E-state index in [1.54, 1.807) is 0 Å². The minimum Gasteiger partial charge on any atom is -0.390 e. The Balaban J connectivity index is 0.000000199. The van der Waals surface area contributed by atoms with Crippen molar-refractivity contribution >= 4 is 11.9 Å². The third-order valence-electron chi connectivity index (χ3n) is 3.03. The van der Waals surface area contributed by atoms with Crippen LogP contribution < -0.4 is 10.6 Å². The summed E-state index contributed by atoms with van der Waals surface area (Å²) in [5.41, 5.74) is -0.629. The largest absolute Gasteiger partial charge is 0.390 e. The number of imide groups is 1. The lowest BCUT2D eigenvalue weighted by Gasteiger charge is -2.15. The fraction of sp³-hybridized carbons (Fsp3) is 0.818. The molecule has 2 rings (SSSR count). The molecule has 2 fully saturated rings. The Morgan fingerprint density at radius 2 is 2.11 bits per heavy atom. The van der Waals surface area contributed by atoms with E-state index < -0.39 is 24.0 Å². The Labute approximate surface area is 106 Å². The Kier molecular flexibility index (Phi) is 5.06. The molecule has 0 aromatic heterocycles. The fourth-order valence-corrected chi connectivity index (χ4v) is 1.80. The van der Waals surface area contributed by atoms with Crippen LogP contribution in [0.15, 0.2) is 0 Å². The first-order valence-corrected chi connectivity index (χ1v) is 6.07. The molecule has 3 amide bonds. The number of carbonyl (C=O) groups is 2. The van der Waals surface area contributed by atoms with E-state index in [2.05, 4.69) is 5.32 Å². The van der Waals surface area contributed by atoms with Gasteiger partial charge in [-0.3, -0.25) is 10.1 Å². The molecular formula is C11H20N2O5. The van der Waals surface area contributed by atoms with Crippen LogP contribution in [0.3, 0.4) is 0 Å². The zero-order valence-corrected chi connectivity index (χ0v) is 10.6. The van der Waals surface area contributed by atoms with Gasteiger partial charge in [-0.05, 0) is 12.8 Å². The first kappa shape index (κ1) is 14.9. The number of rotatable bonds is 4. The highest BCUT2D eigenvalue weighted by atomic mass is 16.7. The van der Waals surface area contributed by atoms with E-state index in [1.165, 1.54) is 0 Å². The lowest BCUT2D eigenvalue weighted by Crippen LogP contribution is -2.31. The molecule has 7 nitrogen and oxygen atoms in total. The smallest absolute Gasteiger partial charge is 0.321 e. The van der Waals surface area contributed by atoms with E-state index in [4.69, 9.17) is 9.84 Å². The summed E-state index contributed by atoms with van der Waals surface area (Å²) < 4.78 is 4.97. The summed E-state index contributed by atoms with van der Waals surface area (Å²) in [7, 11) is 0. The number of hydrogen-bond acceptors (Lipinski definition) is 5. The Morgan fingerprint density at radius 1 is 1.50 bits per heavy atom. The van der Waals surface area contributed by atoms with Crippen LogP contribution in [0.5, 0.6) is 0 Å². The third kappa shape index (κ3) is 3.41. The number of hydrogen-bond donors (Lipinski definition) is 4. The highest BCUT2D eigenvalue weighted by Crippen LogP contribution is 2.42. The molecule has 2 heterocycles. The van der Waals surface area contributed by atoms with Crippen LogP contribution in [0.2, 0.25) is 0 Å². The highest BCUT2D eigenvalue weighted by molar-refractivity contribution is 6.01. The van der Waals surface area contributed by atoms with Crippen molar-refractivity contribution in [3.8, 4) is 0 Å². The summed E-state index contributed by atoms with van der Waals surface area (Å²) in [6.07, 6.45) is 1.04. The van der Waals surface area contributed by atoms with Gasteiger partial charge in [0.1, 0.15) is 5.60 Å². The summed E-state index contributed by atoms with van der Waals surface area (Å²) in [5, 5.41) is 22.9. The van der Waals surface area contributed by atoms with Crippen molar-refractivity contribution in [2.45, 2.75) is 51.1 Å². The maximum atomic E-state index is 10.1. The van der Waals surface area contributed by atoms with Gasteiger partial charge in [-0.25, -0.2) is 4.79 Å². The second-order valence-electron chi connectivity index (χ2n) is 4.31. The van der Waals surface area contributed by atoms with E-state index in [9.17, 15) is 14.7 Å². The van der Waals surface area contributed by atoms with E-state index in [1.807, 2.05) is 19.2 Å². The maximum Gasteiger partial charge on any atom is 0.321 e. The summed E-state index contributed by atoms with van der Waals surface area (Å²) in [6, 6.07) is -0.398. The Bertz CT molecular complexity index is 305. The van der Waals surface area contributed by atoms with Crippen molar-refractivity contribution < 1.29 is 24.5 Å². The molecule has 3 unspecified atom stereocenters. The molecule has 0 spiro atoms. The van der Waals surface area contributed by atoms with Gasteiger partial charge in [-0.1, -0.05) is 20.3 Å². The lowest BCUT2D eigenvalue weighted by atomic mass is 9.96. The minimum atomic E-state index is -0.742. The molecule has 7 heteroatoms. The number of ether oxygens (including phenoxy) is 1. The third-order valence-corrected chi connectivity index (χ3v) is 3.03. The van der Waals surface area contributed by atoms with E-state index in [0.29, 0.717) is 12.8 Å². The van der Waals surface area contributed by atoms with Crippen molar-refractivity contribution in [2.24, 2.45) is 0 Å². The molecule has 0 aromatic rings. The molecule has 104 valence electrons. The van der Waals surface area contributed by atoms with Crippen LogP contribution in [0.25, 0.3) is 0 Å². The normalized spacial score (nSPS) is 31.0. The second-order valence-corrected chi connectivity index (χ2v) is 4.31. The summed E-state index contributed by atoms with van der Waals surface area (Å²) >= 11 is 0. The maximum absolute atomic E-state index is 10.1. The molecule has 2 aliphatic heterocycles. The number of amides is 3. The van der Waals surface area contributed by atoms with Gasteiger partial charge in [0, 0.05) is 0 Å². The minimum absolute atomic E-state index is 0.124. The van der Waals surface area contributed by atoms with Gasteiger partial charge in [0.05, 0.1) is 12.6 Å². The van der Waals surface area contributed by atoms with Crippen molar-refractivity contribution in [3.05, 3.63) is 0 Å². The number of urea groups is 1. The summed E-state index contributed by atoms with van der Waals surface area (Å²) in [5.74, 6) is -0.259. The molecule has 0 saturated carbocycles. The van der Waals surface area contributed by atoms with Crippen molar-refractivity contribution in [1.29, 1.82) is 0 Å². The van der Waals surface area contributed by atoms with Crippen LogP contribution in [0.4, 0.5) is 4.79 Å². The zero-order valence-electron chi connectivity index (χ0n) is 10.6. The van der Waals surface area contributed by atoms with Gasteiger partial charge >= 0.3 is 6.03 Å². The van der Waals surface area contributed by atoms with Crippen LogP contribution in [0, 0.1) is 0 Å². The van der Waals surface area contributed by atoms with Gasteiger partial charge < -0.3 is 20.3 Å². The van der Waals surface area contributed by atoms with E-state index in [0.717, 1.165) is 6.42 Å². The average Bonchev–Trinajstić information content (AvgIpc) is 2.86. The lowest BCUT2D eigenvalue weighted by molar-refractivity contribution is -0.117. The van der Waals surface area contributed by atoms with Crippen LogP contribution >= 0.6 is 0 Å². The molecule has 0 aromatic carbocycles. The Hall–Kier alpha value is -1.18. The first-order chi connectivity index (χ1) is 8.46. The van der Waals surface area contributed by atoms with Crippen LogP contribution in [0.1, 0.15) is 33.1 Å². The van der Waals surface area contributed by atoms with E-state index >= 15 is 0 Å². The molecule has 0 bridgehead atoms. The van der Waals surface area contributed by atoms with Crippen LogP contribution in [-0.4, -0.2) is 46.7 Å². The van der Waals surface area contributed by atoms with Crippen molar-refractivity contribution in [1.82, 2.24) is 10.6 Å². The average molecular weight is 260 g/mol. The first-order valence-electron chi connectivity index (χ1n) is 6.07. The molecule has 0 radical (unpaired) electrons. The SMILES string of the molecule is CCCC(O)C1(CC)OC1O.O=C1CNC(=O)N1. The summed E-state index contributed by atoms with van der Waals surface area (Å²) in [6.45, 7) is 4.04. The summed E-state index contributed by atoms with van der Waals surface area (Å²) in [4.78, 5) is 20.1. The molecular weight excluding hydrogens is 240 g/mol. The topological polar surface area (TPSA) is 111 Å². The van der Waals surface area contributed by atoms with Gasteiger partial charge in [0.25, 0.3) is 0 Å². The highest BCUT2D eigenvalue weighted by Gasteiger charge is 2.59. The monoisotopic (exact) mass is 260 g/mol. The zero-order chi connectivity index (χ0) is 13.8. The van der Waals surface area contributed by atoms with E-state index in [-0.39, 0.29) is 12.5 Å². The molecule has 4 N–H and O–H groups in total. The number of aliphatic hydroxyl groups is 2. The molecule has 0 aliphatic carbocycles. The van der Waals surface area contributed by atoms with Gasteiger partial charge in [-0.15, -0.1) is 0 Å². The quantitative estimate of drug-likeness (QED) is 0.401. The molecule has 2 saturated heterocycles. The molecule has 2 aliphatic rings. The standard InChI is InChI=1S/C8H16O3.C3H4N2O2/c1-3-5-6(9)8(4-2)7(10)11-8;6-2-1-4-3(7)5-2/h6-7,9-10H,3-5H2,1-2H3;1H2,(H2,4,5,6,7). The van der Waals surface area contributed by atoms with Gasteiger partial charge in [0.15, 0.2) is 6.29 Å². The molecule has 3 atom stereocenters. The predicted molar refractivity (Wildman–Crippen MR) is 62.6 cm³/mol. The predicted octanol–water partition coefficient (Wildman–Crippen LogP) is -0.529. The van der Waals surface area contributed by atoms with Gasteiger partial charge in [-0.2, -0.15) is 0 Å². The van der Waals surface area contributed by atoms with Crippen LogP contribution in [-0.2, 0) is 9.53 Å². The Morgan fingerprint density at radius 3 is 2.33 bits per heavy atom. The fourth-order valence-electron chi connectivity index (χ4n) is 1.80. The van der Waals surface area contributed by atoms with Crippen molar-refractivity contribution in [2.75, 3.05) is 6.54 Å². The number of epoxide rings is 1. The van der Waals surface area contributed by atoms with Crippen molar-refractivity contribution in [3.63, 3.8) is 0 Å².